The average Bonchev–Trinajstić information content (AvgIpc) is 3.41. The monoisotopic (exact) mass is 523 g/mol. The van der Waals surface area contributed by atoms with Gasteiger partial charge in [-0.25, -0.2) is 0 Å². The zero-order valence-corrected chi connectivity index (χ0v) is 24.0. The summed E-state index contributed by atoms with van der Waals surface area (Å²) < 4.78 is 8.44. The standard InChI is InChI=1S/2C10H15.C5H5.3CO.2Cr/c2*1-7-6-10(4,5)9(3)8(7)2;1-2-4-5-3-1;3*1-2;;/h2*1-5H3;1-3H,4H2;;;;;. The van der Waals surface area contributed by atoms with Crippen molar-refractivity contribution in [3.8, 4) is 0 Å². The molecule has 0 heterocycles. The molecule has 177 valence electrons. The van der Waals surface area contributed by atoms with Crippen molar-refractivity contribution in [1.29, 1.82) is 0 Å². The van der Waals surface area contributed by atoms with Crippen LogP contribution in [0.4, 0.5) is 0 Å². The summed E-state index contributed by atoms with van der Waals surface area (Å²) >= 11 is -3.14. The Morgan fingerprint density at radius 3 is 1.36 bits per heavy atom. The molecule has 0 radical (unpaired) electrons. The first-order valence-corrected chi connectivity index (χ1v) is 14.9. The molecule has 3 nitrogen and oxygen atoms in total. The van der Waals surface area contributed by atoms with Gasteiger partial charge in [-0.1, -0.05) is 0 Å². The third kappa shape index (κ3) is 4.62. The Bertz CT molecular complexity index is 1250. The van der Waals surface area contributed by atoms with Gasteiger partial charge in [0.15, 0.2) is 0 Å². The van der Waals surface area contributed by atoms with Crippen LogP contribution in [0.25, 0.3) is 0 Å². The molecule has 0 amide bonds. The van der Waals surface area contributed by atoms with Gasteiger partial charge in [-0.3, -0.25) is 0 Å². The Balaban J connectivity index is 0.000000273. The van der Waals surface area contributed by atoms with Gasteiger partial charge < -0.3 is 0 Å². The van der Waals surface area contributed by atoms with Gasteiger partial charge in [0.1, 0.15) is 0 Å². The molecule has 0 saturated heterocycles. The number of hydrogen-bond donors (Lipinski definition) is 0. The quantitative estimate of drug-likeness (QED) is 0.421. The van der Waals surface area contributed by atoms with E-state index in [4.69, 9.17) is 0 Å². The van der Waals surface area contributed by atoms with Crippen molar-refractivity contribution < 1.29 is 41.4 Å². The van der Waals surface area contributed by atoms with E-state index >= 15 is 0 Å². The molecule has 3 aliphatic rings. The van der Waals surface area contributed by atoms with Crippen LogP contribution >= 0.6 is 0 Å². The van der Waals surface area contributed by atoms with E-state index in [1.54, 1.807) is 49.4 Å². The molecular weight excluding hydrogens is 488 g/mol. The van der Waals surface area contributed by atoms with Crippen LogP contribution in [0.15, 0.2) is 65.0 Å². The van der Waals surface area contributed by atoms with Crippen LogP contribution in [-0.4, -0.2) is 14.2 Å². The fraction of sp³-hybridized carbons (Fsp3) is 0.464. The molecule has 0 fully saturated rings. The predicted molar refractivity (Wildman–Crippen MR) is 129 cm³/mol. The summed E-state index contributed by atoms with van der Waals surface area (Å²) in [6.07, 6.45) is 5.54. The molecule has 3 rings (SSSR count). The SMILES string of the molecule is CC1=C(C)C(C)(C)[C]([Cr][C]2=C(C)C(C)=C(C)C2(C)C)=C1C.O=[C]=[Cr](=[C]=O)(=[C]=O)[C]1=CC=CC1. The zero-order valence-electron chi connectivity index (χ0n) is 21.5. The number of allylic oxidation sites excluding steroid dienone is 12. The van der Waals surface area contributed by atoms with Crippen LogP contribution in [0, 0.1) is 10.8 Å². The van der Waals surface area contributed by atoms with Crippen LogP contribution in [0.5, 0.6) is 0 Å². The van der Waals surface area contributed by atoms with Gasteiger partial charge in [0, 0.05) is 0 Å². The molecule has 0 aliphatic heterocycles. The second-order valence-electron chi connectivity index (χ2n) is 9.89. The van der Waals surface area contributed by atoms with E-state index in [0.29, 0.717) is 26.1 Å². The summed E-state index contributed by atoms with van der Waals surface area (Å²) in [5, 5.41) is 0. The van der Waals surface area contributed by atoms with E-state index in [-0.39, 0.29) is 10.8 Å². The summed E-state index contributed by atoms with van der Waals surface area (Å²) in [6, 6.07) is 0. The number of hydrogen-bond acceptors (Lipinski definition) is 3. The van der Waals surface area contributed by atoms with Crippen molar-refractivity contribution in [3.63, 3.8) is 0 Å². The summed E-state index contributed by atoms with van der Waals surface area (Å²) in [6.45, 7) is 23.5. The third-order valence-electron chi connectivity index (χ3n) is 7.65. The van der Waals surface area contributed by atoms with Gasteiger partial charge in [-0.15, -0.1) is 0 Å². The maximum absolute atomic E-state index is 10.4. The number of carbonyl (C=O) groups excluding carboxylic acids is 3. The first kappa shape index (κ1) is 27.5. The Kier molecular flexibility index (Phi) is 8.21. The van der Waals surface area contributed by atoms with E-state index < -0.39 is 11.8 Å². The van der Waals surface area contributed by atoms with E-state index in [1.807, 2.05) is 0 Å². The molecule has 33 heavy (non-hydrogen) atoms. The molecule has 0 aromatic carbocycles. The second-order valence-corrected chi connectivity index (χ2v) is 15.0. The third-order valence-corrected chi connectivity index (χ3v) is 13.7. The van der Waals surface area contributed by atoms with Crippen molar-refractivity contribution in [2.45, 2.75) is 75.7 Å². The Morgan fingerprint density at radius 1 is 0.727 bits per heavy atom. The molecular formula is C28H35Cr2O3. The van der Waals surface area contributed by atoms with E-state index in [1.165, 1.54) is 25.4 Å². The molecule has 3 aliphatic carbocycles. The number of rotatable bonds is 3. The van der Waals surface area contributed by atoms with E-state index in [0.717, 1.165) is 0 Å². The fourth-order valence-corrected chi connectivity index (χ4v) is 8.69. The molecule has 0 spiro atoms. The Hall–Kier alpha value is -1.76. The Morgan fingerprint density at radius 2 is 1.12 bits per heavy atom. The molecule has 5 heteroatoms. The first-order valence-electron chi connectivity index (χ1n) is 11.1. The van der Waals surface area contributed by atoms with E-state index in [2.05, 4.69) is 69.2 Å². The molecule has 0 unspecified atom stereocenters. The maximum atomic E-state index is 10.4. The molecule has 0 saturated carbocycles. The summed E-state index contributed by atoms with van der Waals surface area (Å²) in [5.74, 6) is 0. The molecule has 0 aromatic heterocycles. The van der Waals surface area contributed by atoms with Crippen LogP contribution in [0.2, 0.25) is 0 Å². The summed E-state index contributed by atoms with van der Waals surface area (Å²) in [5.41, 5.74) is 9.75. The first-order chi connectivity index (χ1) is 15.2. The molecule has 0 atom stereocenters. The van der Waals surface area contributed by atoms with Crippen LogP contribution in [0.3, 0.4) is 0 Å². The van der Waals surface area contributed by atoms with Gasteiger partial charge in [-0.2, -0.15) is 0 Å². The zero-order chi connectivity index (χ0) is 25.4. The average molecular weight is 524 g/mol. The van der Waals surface area contributed by atoms with Crippen molar-refractivity contribution in [3.05, 3.63) is 65.0 Å². The van der Waals surface area contributed by atoms with Crippen molar-refractivity contribution in [1.82, 2.24) is 0 Å². The summed E-state index contributed by atoms with van der Waals surface area (Å²) in [7, 11) is 0. The second kappa shape index (κ2) is 9.85. The van der Waals surface area contributed by atoms with Gasteiger partial charge in [0.25, 0.3) is 0 Å². The predicted octanol–water partition coefficient (Wildman–Crippen LogP) is 6.56. The minimum atomic E-state index is -3.59. The fourth-order valence-electron chi connectivity index (χ4n) is 4.50. The van der Waals surface area contributed by atoms with Crippen LogP contribution < -0.4 is 0 Å². The van der Waals surface area contributed by atoms with E-state index in [9.17, 15) is 14.4 Å². The van der Waals surface area contributed by atoms with Gasteiger partial charge in [0.05, 0.1) is 0 Å². The minimum absolute atomic E-state index is 0.238. The van der Waals surface area contributed by atoms with Crippen molar-refractivity contribution in [2.24, 2.45) is 10.8 Å². The summed E-state index contributed by atoms with van der Waals surface area (Å²) in [4.78, 5) is 31.3. The van der Waals surface area contributed by atoms with Gasteiger partial charge >= 0.3 is 207 Å². The van der Waals surface area contributed by atoms with Crippen molar-refractivity contribution in [2.75, 3.05) is 0 Å². The van der Waals surface area contributed by atoms with Crippen molar-refractivity contribution >= 4 is 14.2 Å². The van der Waals surface area contributed by atoms with Crippen LogP contribution in [-0.2, 0) is 41.4 Å². The van der Waals surface area contributed by atoms with Gasteiger partial charge in [0.2, 0.25) is 0 Å². The topological polar surface area (TPSA) is 51.2 Å². The Labute approximate surface area is 206 Å². The van der Waals surface area contributed by atoms with Gasteiger partial charge in [-0.05, 0) is 0 Å². The van der Waals surface area contributed by atoms with Crippen LogP contribution in [0.1, 0.15) is 75.7 Å². The molecule has 0 bridgehead atoms. The normalized spacial score (nSPS) is 21.1. The molecule has 0 N–H and O–H groups in total. The molecule has 0 aromatic rings.